The van der Waals surface area contributed by atoms with Gasteiger partial charge in [-0.2, -0.15) is 26.3 Å². The molecule has 1 saturated heterocycles. The molecule has 35 heavy (non-hydrogen) atoms. The molecular formula is C27H35F6NO. The van der Waals surface area contributed by atoms with Crippen LogP contribution in [-0.2, 0) is 23.7 Å². The molecule has 0 radical (unpaired) electrons. The van der Waals surface area contributed by atoms with Gasteiger partial charge < -0.3 is 9.64 Å². The van der Waals surface area contributed by atoms with E-state index in [2.05, 4.69) is 9.64 Å². The minimum atomic E-state index is -4.82. The van der Waals surface area contributed by atoms with Gasteiger partial charge in [-0.3, -0.25) is 0 Å². The summed E-state index contributed by atoms with van der Waals surface area (Å²) in [7, 11) is 1.19. The maximum Gasteiger partial charge on any atom is 0.416 e. The van der Waals surface area contributed by atoms with E-state index in [1.54, 1.807) is 0 Å². The van der Waals surface area contributed by atoms with Crippen LogP contribution in [0.2, 0.25) is 0 Å². The van der Waals surface area contributed by atoms with Gasteiger partial charge in [0, 0.05) is 13.7 Å². The average Bonchev–Trinajstić information content (AvgIpc) is 3.34. The first-order chi connectivity index (χ1) is 16.6. The lowest BCUT2D eigenvalue weighted by molar-refractivity contribution is -0.143. The number of nitrogens with zero attached hydrogens (tertiary/aromatic N) is 1. The number of rotatable bonds is 4. The van der Waals surface area contributed by atoms with Crippen LogP contribution in [-0.4, -0.2) is 31.6 Å². The van der Waals surface area contributed by atoms with Crippen molar-refractivity contribution in [2.75, 3.05) is 26.7 Å². The summed E-state index contributed by atoms with van der Waals surface area (Å²) in [6, 6.07) is 13.4. The largest absolute Gasteiger partial charge is 0.416 e. The summed E-state index contributed by atoms with van der Waals surface area (Å²) < 4.78 is 78.7. The Balaban J connectivity index is 0.000000206. The maximum absolute atomic E-state index is 12.4. The van der Waals surface area contributed by atoms with Crippen LogP contribution in [0, 0.1) is 5.92 Å². The van der Waals surface area contributed by atoms with E-state index in [0.717, 1.165) is 5.92 Å². The highest BCUT2D eigenvalue weighted by atomic mass is 19.4. The van der Waals surface area contributed by atoms with Crippen molar-refractivity contribution in [3.05, 3.63) is 71.3 Å². The third kappa shape index (κ3) is 11.5. The maximum atomic E-state index is 12.4. The molecule has 2 aliphatic rings. The Kier molecular flexibility index (Phi) is 12.1. The van der Waals surface area contributed by atoms with E-state index in [0.29, 0.717) is 12.1 Å². The van der Waals surface area contributed by atoms with E-state index in [9.17, 15) is 26.3 Å². The van der Waals surface area contributed by atoms with Crippen molar-refractivity contribution in [3.8, 4) is 0 Å². The zero-order chi connectivity index (χ0) is 25.7. The SMILES string of the molecule is C1CCC(CN2CCCC2)CC1.COCc1cc(C(F)(F)F)cc(C(F)(F)F)c1.c1ccccc1. The van der Waals surface area contributed by atoms with E-state index in [-0.39, 0.29) is 18.2 Å². The van der Waals surface area contributed by atoms with E-state index >= 15 is 0 Å². The number of hydrogen-bond acceptors (Lipinski definition) is 2. The molecule has 8 heteroatoms. The summed E-state index contributed by atoms with van der Waals surface area (Å²) in [5.41, 5.74) is -2.84. The van der Waals surface area contributed by atoms with Crippen molar-refractivity contribution in [3.63, 3.8) is 0 Å². The molecule has 1 aliphatic carbocycles. The van der Waals surface area contributed by atoms with E-state index in [1.807, 2.05) is 36.4 Å². The molecule has 0 atom stereocenters. The molecule has 0 unspecified atom stereocenters. The zero-order valence-corrected chi connectivity index (χ0v) is 20.2. The predicted octanol–water partition coefficient (Wildman–Crippen LogP) is 8.22. The van der Waals surface area contributed by atoms with Crippen molar-refractivity contribution in [1.82, 2.24) is 4.90 Å². The quantitative estimate of drug-likeness (QED) is 0.390. The van der Waals surface area contributed by atoms with E-state index in [4.69, 9.17) is 0 Å². The van der Waals surface area contributed by atoms with Crippen LogP contribution in [0.5, 0.6) is 0 Å². The Hall–Kier alpha value is -2.06. The van der Waals surface area contributed by atoms with Gasteiger partial charge in [0.25, 0.3) is 0 Å². The van der Waals surface area contributed by atoms with Crippen molar-refractivity contribution >= 4 is 0 Å². The molecule has 0 spiro atoms. The Bertz CT molecular complexity index is 767. The number of ether oxygens (including phenoxy) is 1. The van der Waals surface area contributed by atoms with Crippen molar-refractivity contribution in [2.45, 2.75) is 63.9 Å². The first-order valence-corrected chi connectivity index (χ1v) is 12.1. The smallest absolute Gasteiger partial charge is 0.380 e. The van der Waals surface area contributed by atoms with Gasteiger partial charge in [-0.05, 0) is 68.5 Å². The number of halogens is 6. The summed E-state index contributed by atoms with van der Waals surface area (Å²) in [6.45, 7) is 3.88. The molecule has 2 fully saturated rings. The van der Waals surface area contributed by atoms with Gasteiger partial charge in [-0.1, -0.05) is 55.7 Å². The minimum absolute atomic E-state index is 0.0825. The lowest BCUT2D eigenvalue weighted by Gasteiger charge is -2.26. The zero-order valence-electron chi connectivity index (χ0n) is 20.2. The van der Waals surface area contributed by atoms with Crippen LogP contribution in [0.25, 0.3) is 0 Å². The fraction of sp³-hybridized carbons (Fsp3) is 0.556. The molecule has 2 aromatic carbocycles. The van der Waals surface area contributed by atoms with Gasteiger partial charge in [0.15, 0.2) is 0 Å². The third-order valence-electron chi connectivity index (χ3n) is 6.06. The fourth-order valence-electron chi connectivity index (χ4n) is 4.35. The molecule has 2 aromatic rings. The first-order valence-electron chi connectivity index (χ1n) is 12.1. The Morgan fingerprint density at radius 1 is 0.714 bits per heavy atom. The lowest BCUT2D eigenvalue weighted by atomic mass is 9.89. The molecule has 2 nitrogen and oxygen atoms in total. The monoisotopic (exact) mass is 503 g/mol. The first kappa shape index (κ1) is 29.2. The Morgan fingerprint density at radius 2 is 1.17 bits per heavy atom. The van der Waals surface area contributed by atoms with E-state index < -0.39 is 23.5 Å². The second-order valence-corrected chi connectivity index (χ2v) is 9.01. The van der Waals surface area contributed by atoms with Crippen LogP contribution in [0.1, 0.15) is 61.6 Å². The predicted molar refractivity (Wildman–Crippen MR) is 126 cm³/mol. The molecule has 1 saturated carbocycles. The molecule has 4 rings (SSSR count). The molecule has 0 bridgehead atoms. The molecule has 0 N–H and O–H groups in total. The second-order valence-electron chi connectivity index (χ2n) is 9.01. The highest BCUT2D eigenvalue weighted by Gasteiger charge is 2.36. The standard InChI is InChI=1S/C11H21N.C10H8F6O.C6H6/c1-2-6-11(7-3-1)10-12-8-4-5-9-12;1-17-5-6-2-7(9(11,12)13)4-8(3-6)10(14,15)16;1-2-4-6-5-3-1/h11H,1-10H2;2-4H,5H2,1H3;1-6H. The van der Waals surface area contributed by atoms with Crippen molar-refractivity contribution in [2.24, 2.45) is 5.92 Å². The minimum Gasteiger partial charge on any atom is -0.380 e. The van der Waals surface area contributed by atoms with E-state index in [1.165, 1.54) is 71.7 Å². The third-order valence-corrected chi connectivity index (χ3v) is 6.06. The Labute approximate surface area is 204 Å². The van der Waals surface area contributed by atoms with Gasteiger partial charge in [0.1, 0.15) is 0 Å². The van der Waals surface area contributed by atoms with Crippen molar-refractivity contribution in [1.29, 1.82) is 0 Å². The molecule has 1 aliphatic heterocycles. The van der Waals surface area contributed by atoms with Crippen molar-refractivity contribution < 1.29 is 31.1 Å². The molecule has 1 heterocycles. The van der Waals surface area contributed by atoms with Gasteiger partial charge >= 0.3 is 12.4 Å². The molecule has 0 aromatic heterocycles. The van der Waals surface area contributed by atoms with Gasteiger partial charge in [0.2, 0.25) is 0 Å². The number of benzene rings is 2. The number of hydrogen-bond donors (Lipinski definition) is 0. The topological polar surface area (TPSA) is 12.5 Å². The second kappa shape index (κ2) is 14.5. The van der Waals surface area contributed by atoms with Gasteiger partial charge in [-0.25, -0.2) is 0 Å². The van der Waals surface area contributed by atoms with Gasteiger partial charge in [-0.15, -0.1) is 0 Å². The molecular weight excluding hydrogens is 468 g/mol. The highest BCUT2D eigenvalue weighted by molar-refractivity contribution is 5.33. The van der Waals surface area contributed by atoms with Crippen LogP contribution < -0.4 is 0 Å². The summed E-state index contributed by atoms with van der Waals surface area (Å²) in [5, 5.41) is 0. The lowest BCUT2D eigenvalue weighted by Crippen LogP contribution is -2.27. The van der Waals surface area contributed by atoms with Crippen LogP contribution in [0.4, 0.5) is 26.3 Å². The normalized spacial score (nSPS) is 17.2. The summed E-state index contributed by atoms with van der Waals surface area (Å²) >= 11 is 0. The number of alkyl halides is 6. The van der Waals surface area contributed by atoms with Gasteiger partial charge in [0.05, 0.1) is 17.7 Å². The van der Waals surface area contributed by atoms with Crippen LogP contribution in [0.3, 0.4) is 0 Å². The Morgan fingerprint density at radius 3 is 1.57 bits per heavy atom. The van der Waals surface area contributed by atoms with Crippen LogP contribution >= 0.6 is 0 Å². The summed E-state index contributed by atoms with van der Waals surface area (Å²) in [4.78, 5) is 2.68. The average molecular weight is 504 g/mol. The fourth-order valence-corrected chi connectivity index (χ4v) is 4.35. The summed E-state index contributed by atoms with van der Waals surface area (Å²) in [5.74, 6) is 1.05. The molecule has 196 valence electrons. The van der Waals surface area contributed by atoms with Crippen LogP contribution in [0.15, 0.2) is 54.6 Å². The summed E-state index contributed by atoms with van der Waals surface area (Å²) in [6.07, 6.45) is 0.785. The number of methoxy groups -OCH3 is 1. The molecule has 0 amide bonds. The highest BCUT2D eigenvalue weighted by Crippen LogP contribution is 2.36. The number of likely N-dealkylation sites (tertiary alicyclic amines) is 1.